The first kappa shape index (κ1) is 11.1. The quantitative estimate of drug-likeness (QED) is 0.327. The average molecular weight is 204 g/mol. The maximum Gasteiger partial charge on any atom is 0.185 e. The molecule has 0 aromatic carbocycles. The number of nitrogens with two attached hydrogens (primary N) is 1. The third kappa shape index (κ3) is 4.86. The van der Waals surface area contributed by atoms with Crippen molar-refractivity contribution in [3.63, 3.8) is 0 Å². The fourth-order valence-corrected chi connectivity index (χ4v) is 0.678. The lowest BCUT2D eigenvalue weighted by atomic mass is 10.6. The first-order chi connectivity index (χ1) is 5.57. The number of thiocarbonyl (C=S) groups is 2. The number of nitrogens with zero attached hydrogens (tertiary/aromatic N) is 1. The zero-order valence-corrected chi connectivity index (χ0v) is 8.47. The lowest BCUT2D eigenvalue weighted by Crippen LogP contribution is -2.49. The molecule has 0 saturated heterocycles. The minimum absolute atomic E-state index is 0.234. The molecule has 0 aliphatic rings. The molecule has 4 nitrogen and oxygen atoms in total. The van der Waals surface area contributed by atoms with Gasteiger partial charge in [-0.1, -0.05) is 6.08 Å². The van der Waals surface area contributed by atoms with Crippen LogP contribution in [0.5, 0.6) is 0 Å². The summed E-state index contributed by atoms with van der Waals surface area (Å²) in [5, 5.41) is 5.01. The predicted octanol–water partition coefficient (Wildman–Crippen LogP) is -0.273. The third-order valence-electron chi connectivity index (χ3n) is 1.01. The van der Waals surface area contributed by atoms with Crippen LogP contribution in [0.1, 0.15) is 0 Å². The van der Waals surface area contributed by atoms with Crippen molar-refractivity contribution in [1.29, 1.82) is 0 Å². The van der Waals surface area contributed by atoms with Gasteiger partial charge in [0, 0.05) is 13.6 Å². The smallest absolute Gasteiger partial charge is 0.185 e. The second-order valence-electron chi connectivity index (χ2n) is 2.01. The highest BCUT2D eigenvalue weighted by Crippen LogP contribution is 1.75. The molecule has 0 aliphatic carbocycles. The topological polar surface area (TPSA) is 53.3 Å². The standard InChI is InChI=1S/C6H12N4S2/c1-3-4-8-6(12)9-10(2)5(7)11/h3H,1,4H2,2H3,(H2,7,11)(H2,8,9,12). The second-order valence-corrected chi connectivity index (χ2v) is 2.83. The molecule has 0 rings (SSSR count). The van der Waals surface area contributed by atoms with Crippen LogP contribution in [0.15, 0.2) is 12.7 Å². The molecule has 12 heavy (non-hydrogen) atoms. The van der Waals surface area contributed by atoms with Crippen LogP contribution < -0.4 is 16.5 Å². The monoisotopic (exact) mass is 204 g/mol. The van der Waals surface area contributed by atoms with Gasteiger partial charge in [-0.3, -0.25) is 10.4 Å². The molecule has 0 aromatic heterocycles. The summed E-state index contributed by atoms with van der Waals surface area (Å²) in [6, 6.07) is 0. The van der Waals surface area contributed by atoms with E-state index in [9.17, 15) is 0 Å². The molecule has 4 N–H and O–H groups in total. The molecule has 0 radical (unpaired) electrons. The summed E-state index contributed by atoms with van der Waals surface area (Å²) in [5.74, 6) is 0. The lowest BCUT2D eigenvalue weighted by Gasteiger charge is -2.19. The van der Waals surface area contributed by atoms with Crippen LogP contribution in [0.4, 0.5) is 0 Å². The van der Waals surface area contributed by atoms with Gasteiger partial charge in [-0.15, -0.1) is 6.58 Å². The van der Waals surface area contributed by atoms with Crippen molar-refractivity contribution in [3.05, 3.63) is 12.7 Å². The van der Waals surface area contributed by atoms with Crippen molar-refractivity contribution in [1.82, 2.24) is 15.8 Å². The van der Waals surface area contributed by atoms with Crippen LogP contribution in [-0.4, -0.2) is 28.8 Å². The van der Waals surface area contributed by atoms with E-state index in [1.54, 1.807) is 13.1 Å². The summed E-state index contributed by atoms with van der Waals surface area (Å²) < 4.78 is 0. The van der Waals surface area contributed by atoms with Crippen LogP contribution in [0, 0.1) is 0 Å². The minimum atomic E-state index is 0.234. The van der Waals surface area contributed by atoms with Gasteiger partial charge in [0.15, 0.2) is 10.2 Å². The Bertz CT molecular complexity index is 192. The molecule has 0 heterocycles. The molecule has 0 aromatic rings. The Morgan fingerprint density at radius 1 is 1.67 bits per heavy atom. The van der Waals surface area contributed by atoms with Gasteiger partial charge in [0.05, 0.1) is 0 Å². The van der Waals surface area contributed by atoms with Crippen LogP contribution in [0.2, 0.25) is 0 Å². The molecule has 0 amide bonds. The number of rotatable bonds is 2. The van der Waals surface area contributed by atoms with Crippen molar-refractivity contribution >= 4 is 34.7 Å². The maximum absolute atomic E-state index is 5.30. The maximum atomic E-state index is 5.30. The van der Waals surface area contributed by atoms with Gasteiger partial charge in [0.1, 0.15) is 0 Å². The fourth-order valence-electron chi connectivity index (χ4n) is 0.412. The van der Waals surface area contributed by atoms with E-state index in [0.717, 1.165) is 0 Å². The van der Waals surface area contributed by atoms with E-state index in [4.69, 9.17) is 18.0 Å². The van der Waals surface area contributed by atoms with Gasteiger partial charge in [0.2, 0.25) is 0 Å². The van der Waals surface area contributed by atoms with E-state index < -0.39 is 0 Å². The second kappa shape index (κ2) is 5.73. The Morgan fingerprint density at radius 2 is 2.25 bits per heavy atom. The lowest BCUT2D eigenvalue weighted by molar-refractivity contribution is 0.457. The molecule has 0 fully saturated rings. The third-order valence-corrected chi connectivity index (χ3v) is 1.52. The van der Waals surface area contributed by atoms with E-state index in [0.29, 0.717) is 11.7 Å². The van der Waals surface area contributed by atoms with E-state index in [-0.39, 0.29) is 5.11 Å². The van der Waals surface area contributed by atoms with Gasteiger partial charge in [-0.05, 0) is 24.4 Å². The van der Waals surface area contributed by atoms with E-state index in [1.807, 2.05) is 0 Å². The highest BCUT2D eigenvalue weighted by molar-refractivity contribution is 7.80. The van der Waals surface area contributed by atoms with Crippen molar-refractivity contribution in [2.24, 2.45) is 5.73 Å². The largest absolute Gasteiger partial charge is 0.375 e. The fraction of sp³-hybridized carbons (Fsp3) is 0.333. The highest BCUT2D eigenvalue weighted by Gasteiger charge is 1.99. The van der Waals surface area contributed by atoms with Crippen LogP contribution in [0.25, 0.3) is 0 Å². The number of hydrogen-bond donors (Lipinski definition) is 3. The van der Waals surface area contributed by atoms with Crippen molar-refractivity contribution in [3.8, 4) is 0 Å². The zero-order valence-electron chi connectivity index (χ0n) is 6.83. The van der Waals surface area contributed by atoms with Crippen LogP contribution >= 0.6 is 24.4 Å². The Morgan fingerprint density at radius 3 is 2.67 bits per heavy atom. The van der Waals surface area contributed by atoms with Gasteiger partial charge < -0.3 is 11.1 Å². The summed E-state index contributed by atoms with van der Waals surface area (Å²) >= 11 is 9.57. The molecular weight excluding hydrogens is 192 g/mol. The highest BCUT2D eigenvalue weighted by atomic mass is 32.1. The first-order valence-corrected chi connectivity index (χ1v) is 4.08. The molecule has 0 saturated carbocycles. The molecule has 68 valence electrons. The molecule has 0 spiro atoms. The molecular formula is C6H12N4S2. The Kier molecular flexibility index (Phi) is 5.31. The SMILES string of the molecule is C=CCNC(=S)NN(C)C(N)=S. The van der Waals surface area contributed by atoms with E-state index in [2.05, 4.69) is 29.5 Å². The molecule has 0 aliphatic heterocycles. The normalized spacial score (nSPS) is 8.42. The summed E-state index contributed by atoms with van der Waals surface area (Å²) in [5.41, 5.74) is 8.05. The Labute approximate surface area is 82.8 Å². The van der Waals surface area contributed by atoms with Gasteiger partial charge in [-0.2, -0.15) is 0 Å². The Hall–Kier alpha value is -0.880. The van der Waals surface area contributed by atoms with Gasteiger partial charge in [-0.25, -0.2) is 0 Å². The molecule has 0 atom stereocenters. The van der Waals surface area contributed by atoms with Gasteiger partial charge in [0.25, 0.3) is 0 Å². The van der Waals surface area contributed by atoms with Crippen molar-refractivity contribution in [2.75, 3.05) is 13.6 Å². The van der Waals surface area contributed by atoms with Crippen molar-refractivity contribution < 1.29 is 0 Å². The predicted molar refractivity (Wildman–Crippen MR) is 58.5 cm³/mol. The number of hydrazine groups is 1. The molecule has 0 unspecified atom stereocenters. The van der Waals surface area contributed by atoms with E-state index in [1.165, 1.54) is 5.01 Å². The molecule has 6 heteroatoms. The summed E-state index contributed by atoms with van der Waals surface area (Å²) in [7, 11) is 1.68. The van der Waals surface area contributed by atoms with Crippen LogP contribution in [0.3, 0.4) is 0 Å². The van der Waals surface area contributed by atoms with Crippen molar-refractivity contribution in [2.45, 2.75) is 0 Å². The van der Waals surface area contributed by atoms with Crippen LogP contribution in [-0.2, 0) is 0 Å². The average Bonchev–Trinajstić information content (AvgIpc) is 2.00. The Balaban J connectivity index is 3.68. The minimum Gasteiger partial charge on any atom is -0.375 e. The summed E-state index contributed by atoms with van der Waals surface area (Å²) in [6.45, 7) is 4.14. The van der Waals surface area contributed by atoms with Gasteiger partial charge >= 0.3 is 0 Å². The number of nitrogens with one attached hydrogen (secondary N) is 2. The first-order valence-electron chi connectivity index (χ1n) is 3.26. The summed E-state index contributed by atoms with van der Waals surface area (Å²) in [6.07, 6.45) is 1.70. The van der Waals surface area contributed by atoms with E-state index >= 15 is 0 Å². The molecule has 0 bridgehead atoms. The number of hydrogen-bond acceptors (Lipinski definition) is 2. The summed E-state index contributed by atoms with van der Waals surface area (Å²) in [4.78, 5) is 0. The zero-order chi connectivity index (χ0) is 9.56.